The molecule has 0 heterocycles. The second-order valence-electron chi connectivity index (χ2n) is 5.23. The van der Waals surface area contributed by atoms with Crippen molar-refractivity contribution in [2.24, 2.45) is 0 Å². The molecule has 0 rings (SSSR count). The summed E-state index contributed by atoms with van der Waals surface area (Å²) in [5, 5.41) is 17.2. The molecule has 0 amide bonds. The van der Waals surface area contributed by atoms with Crippen molar-refractivity contribution in [1.29, 1.82) is 0 Å². The molecule has 124 valence electrons. The molecular weight excluding hydrogens is 270 g/mol. The summed E-state index contributed by atoms with van der Waals surface area (Å²) in [6, 6.07) is 0. The van der Waals surface area contributed by atoms with E-state index in [2.05, 4.69) is 27.7 Å². The Bertz CT molecular complexity index is 268. The first-order valence-electron chi connectivity index (χ1n) is 7.84. The first kappa shape index (κ1) is 21.9. The van der Waals surface area contributed by atoms with E-state index in [1.54, 1.807) is 0 Å². The molecule has 0 spiro atoms. The Morgan fingerprint density at radius 3 is 1.33 bits per heavy atom. The molecule has 0 saturated heterocycles. The van der Waals surface area contributed by atoms with Gasteiger partial charge in [-0.3, -0.25) is 0 Å². The van der Waals surface area contributed by atoms with E-state index in [0.29, 0.717) is 12.2 Å². The predicted octanol–water partition coefficient (Wildman–Crippen LogP) is 1.82. The van der Waals surface area contributed by atoms with Gasteiger partial charge in [-0.1, -0.05) is 27.7 Å². The fraction of sp³-hybridized carbons (Fsp3) is 0.750. The number of carbonyl (C=O) groups is 2. The molecule has 5 nitrogen and oxygen atoms in total. The molecule has 0 aromatic carbocycles. The molecule has 0 aliphatic heterocycles. The standard InChI is InChI=1S/C12H28N.C4H4O4/c1-5-9-13(10-6-2,11-7-3)12-8-4;5-3(6)1-2-4(7)8/h5-12H2,1-4H3;1-2H,(H,5,6)(H,7,8)/q+1;/p-1/b;2-1+. The monoisotopic (exact) mass is 301 g/mol. The summed E-state index contributed by atoms with van der Waals surface area (Å²) >= 11 is 0. The lowest BCUT2D eigenvalue weighted by Gasteiger charge is -2.38. The van der Waals surface area contributed by atoms with Crippen LogP contribution in [0.15, 0.2) is 12.2 Å². The highest BCUT2D eigenvalue weighted by Gasteiger charge is 2.22. The van der Waals surface area contributed by atoms with Crippen molar-refractivity contribution in [3.8, 4) is 0 Å². The summed E-state index contributed by atoms with van der Waals surface area (Å²) in [4.78, 5) is 19.0. The van der Waals surface area contributed by atoms with Gasteiger partial charge >= 0.3 is 5.97 Å². The summed E-state index contributed by atoms with van der Waals surface area (Å²) in [6.45, 7) is 14.8. The minimum atomic E-state index is -1.51. The number of hydrogen-bond acceptors (Lipinski definition) is 3. The van der Waals surface area contributed by atoms with Crippen molar-refractivity contribution in [2.45, 2.75) is 53.4 Å². The Morgan fingerprint density at radius 2 is 1.19 bits per heavy atom. The summed E-state index contributed by atoms with van der Waals surface area (Å²) in [5.74, 6) is -2.80. The third kappa shape index (κ3) is 13.4. The Balaban J connectivity index is 0. The average Bonchev–Trinajstić information content (AvgIpc) is 2.38. The van der Waals surface area contributed by atoms with E-state index in [9.17, 15) is 14.7 Å². The summed E-state index contributed by atoms with van der Waals surface area (Å²) in [5.41, 5.74) is 0. The second kappa shape index (κ2) is 13.6. The van der Waals surface area contributed by atoms with Crippen molar-refractivity contribution in [2.75, 3.05) is 26.2 Å². The van der Waals surface area contributed by atoms with Gasteiger partial charge in [-0.2, -0.15) is 0 Å². The van der Waals surface area contributed by atoms with Crippen LogP contribution in [0.2, 0.25) is 0 Å². The smallest absolute Gasteiger partial charge is 0.328 e. The predicted molar refractivity (Wildman–Crippen MR) is 82.7 cm³/mol. The van der Waals surface area contributed by atoms with E-state index in [0.717, 1.165) is 0 Å². The van der Waals surface area contributed by atoms with Gasteiger partial charge in [0.1, 0.15) is 0 Å². The van der Waals surface area contributed by atoms with E-state index in [4.69, 9.17) is 5.11 Å². The second-order valence-corrected chi connectivity index (χ2v) is 5.23. The van der Waals surface area contributed by atoms with Crippen LogP contribution < -0.4 is 5.11 Å². The number of nitrogens with zero attached hydrogens (tertiary/aromatic N) is 1. The van der Waals surface area contributed by atoms with E-state index in [-0.39, 0.29) is 0 Å². The van der Waals surface area contributed by atoms with E-state index in [1.165, 1.54) is 56.3 Å². The first-order chi connectivity index (χ1) is 9.87. The van der Waals surface area contributed by atoms with Crippen molar-refractivity contribution in [1.82, 2.24) is 0 Å². The molecule has 0 aromatic heterocycles. The highest BCUT2D eigenvalue weighted by Crippen LogP contribution is 2.12. The Labute approximate surface area is 128 Å². The molecule has 0 aliphatic rings. The van der Waals surface area contributed by atoms with Crippen LogP contribution in [-0.4, -0.2) is 47.7 Å². The third-order valence-electron chi connectivity index (χ3n) is 3.15. The lowest BCUT2D eigenvalue weighted by atomic mass is 10.2. The maximum Gasteiger partial charge on any atom is 0.328 e. The zero-order valence-electron chi connectivity index (χ0n) is 13.9. The van der Waals surface area contributed by atoms with Crippen LogP contribution in [0.5, 0.6) is 0 Å². The van der Waals surface area contributed by atoms with Crippen molar-refractivity contribution >= 4 is 11.9 Å². The summed E-state index contributed by atoms with van der Waals surface area (Å²) in [6.07, 6.45) is 6.28. The van der Waals surface area contributed by atoms with E-state index < -0.39 is 11.9 Å². The van der Waals surface area contributed by atoms with Gasteiger partial charge in [0.05, 0.1) is 32.1 Å². The van der Waals surface area contributed by atoms with Gasteiger partial charge in [0.2, 0.25) is 0 Å². The van der Waals surface area contributed by atoms with Crippen LogP contribution in [0.4, 0.5) is 0 Å². The molecule has 0 bridgehead atoms. The number of carboxylic acid groups (broad SMARTS) is 2. The number of quaternary nitrogens is 1. The number of rotatable bonds is 10. The van der Waals surface area contributed by atoms with Crippen molar-refractivity contribution < 1.29 is 24.3 Å². The minimum Gasteiger partial charge on any atom is -0.545 e. The van der Waals surface area contributed by atoms with E-state index >= 15 is 0 Å². The Kier molecular flexibility index (Phi) is 14.2. The largest absolute Gasteiger partial charge is 0.545 e. The fourth-order valence-corrected chi connectivity index (χ4v) is 2.71. The molecule has 5 heteroatoms. The number of carbonyl (C=O) groups excluding carboxylic acids is 1. The van der Waals surface area contributed by atoms with Gasteiger partial charge in [-0.05, 0) is 31.8 Å². The van der Waals surface area contributed by atoms with Crippen LogP contribution in [0.25, 0.3) is 0 Å². The maximum atomic E-state index is 9.53. The lowest BCUT2D eigenvalue weighted by molar-refractivity contribution is -0.928. The number of aliphatic carboxylic acids is 2. The molecule has 1 N–H and O–H groups in total. The van der Waals surface area contributed by atoms with Crippen LogP contribution in [-0.2, 0) is 9.59 Å². The molecule has 0 aliphatic carbocycles. The van der Waals surface area contributed by atoms with Gasteiger partial charge in [-0.15, -0.1) is 0 Å². The third-order valence-corrected chi connectivity index (χ3v) is 3.15. The molecule has 0 fully saturated rings. The van der Waals surface area contributed by atoms with Gasteiger partial charge in [0.15, 0.2) is 0 Å². The molecule has 0 aromatic rings. The van der Waals surface area contributed by atoms with Crippen LogP contribution in [0.1, 0.15) is 53.4 Å². The maximum absolute atomic E-state index is 9.53. The average molecular weight is 301 g/mol. The normalized spacial score (nSPS) is 11.0. The van der Waals surface area contributed by atoms with Gasteiger partial charge in [0.25, 0.3) is 0 Å². The fourth-order valence-electron chi connectivity index (χ4n) is 2.71. The highest BCUT2D eigenvalue weighted by molar-refractivity contribution is 5.88. The summed E-state index contributed by atoms with van der Waals surface area (Å²) in [7, 11) is 0. The Hall–Kier alpha value is -1.36. The van der Waals surface area contributed by atoms with Crippen LogP contribution >= 0.6 is 0 Å². The van der Waals surface area contributed by atoms with Crippen LogP contribution in [0.3, 0.4) is 0 Å². The zero-order chi connectivity index (χ0) is 16.7. The Morgan fingerprint density at radius 1 is 0.857 bits per heavy atom. The van der Waals surface area contributed by atoms with Gasteiger partial charge in [0, 0.05) is 6.08 Å². The quantitative estimate of drug-likeness (QED) is 0.493. The molecular formula is C16H31NO4. The highest BCUT2D eigenvalue weighted by atomic mass is 16.4. The number of carboxylic acids is 2. The lowest BCUT2D eigenvalue weighted by Crippen LogP contribution is -2.50. The molecule has 21 heavy (non-hydrogen) atoms. The van der Waals surface area contributed by atoms with Crippen LogP contribution in [0, 0.1) is 0 Å². The van der Waals surface area contributed by atoms with Crippen molar-refractivity contribution in [3.05, 3.63) is 12.2 Å². The molecule has 0 radical (unpaired) electrons. The van der Waals surface area contributed by atoms with Gasteiger partial charge < -0.3 is 19.5 Å². The molecule has 0 atom stereocenters. The first-order valence-corrected chi connectivity index (χ1v) is 7.84. The molecule has 0 unspecified atom stereocenters. The summed E-state index contributed by atoms with van der Waals surface area (Å²) < 4.78 is 1.38. The van der Waals surface area contributed by atoms with Gasteiger partial charge in [-0.25, -0.2) is 4.79 Å². The minimum absolute atomic E-state index is 0.447. The topological polar surface area (TPSA) is 77.4 Å². The van der Waals surface area contributed by atoms with E-state index in [1.807, 2.05) is 0 Å². The molecule has 0 saturated carbocycles. The zero-order valence-corrected chi connectivity index (χ0v) is 13.9. The van der Waals surface area contributed by atoms with Crippen molar-refractivity contribution in [3.63, 3.8) is 0 Å². The number of hydrogen-bond donors (Lipinski definition) is 1. The SMILES string of the molecule is CCC[N+](CCC)(CCC)CCC.O=C([O-])/C=C/C(=O)O.